The average Bonchev–Trinajstić information content (AvgIpc) is 2.12. The molecule has 0 aromatic heterocycles. The minimum Gasteiger partial charge on any atom is -0.447 e. The average molecular weight is 294 g/mol. The third-order valence-corrected chi connectivity index (χ3v) is 2.43. The summed E-state index contributed by atoms with van der Waals surface area (Å²) in [6, 6.07) is 0. The number of aliphatic hydroxyl groups excluding tert-OH is 1. The van der Waals surface area contributed by atoms with Crippen LogP contribution in [-0.2, 0) is 4.74 Å². The fourth-order valence-electron chi connectivity index (χ4n) is 0.771. The Balaban J connectivity index is 3.64. The second-order valence-corrected chi connectivity index (χ2v) is 3.35. The molecular formula is C10H15IO2. The predicted octanol–water partition coefficient (Wildman–Crippen LogP) is 2.46. The molecule has 0 amide bonds. The van der Waals surface area contributed by atoms with Crippen molar-refractivity contribution in [3.8, 4) is 12.0 Å². The molecule has 0 spiro atoms. The van der Waals surface area contributed by atoms with Gasteiger partial charge >= 0.3 is 0 Å². The summed E-state index contributed by atoms with van der Waals surface area (Å²) in [4.78, 5) is 0. The minimum atomic E-state index is -0.376. The van der Waals surface area contributed by atoms with Gasteiger partial charge in [0.15, 0.2) is 0 Å². The van der Waals surface area contributed by atoms with E-state index in [-0.39, 0.29) is 6.10 Å². The molecule has 2 nitrogen and oxygen atoms in total. The largest absolute Gasteiger partial charge is 0.447 e. The highest BCUT2D eigenvalue weighted by molar-refractivity contribution is 14.1. The number of hydrogen-bond donors (Lipinski definition) is 1. The van der Waals surface area contributed by atoms with Gasteiger partial charge in [-0.3, -0.25) is 0 Å². The topological polar surface area (TPSA) is 29.5 Å². The summed E-state index contributed by atoms with van der Waals surface area (Å²) in [6.45, 7) is 4.47. The van der Waals surface area contributed by atoms with Gasteiger partial charge in [-0.05, 0) is 24.4 Å². The van der Waals surface area contributed by atoms with E-state index >= 15 is 0 Å². The molecule has 0 saturated heterocycles. The molecule has 1 atom stereocenters. The number of ether oxygens (including phenoxy) is 1. The van der Waals surface area contributed by atoms with Gasteiger partial charge < -0.3 is 9.84 Å². The van der Waals surface area contributed by atoms with E-state index in [9.17, 15) is 5.11 Å². The van der Waals surface area contributed by atoms with Gasteiger partial charge in [0, 0.05) is 6.42 Å². The lowest BCUT2D eigenvalue weighted by molar-refractivity contribution is 0.180. The molecule has 0 aliphatic carbocycles. The van der Waals surface area contributed by atoms with E-state index in [2.05, 4.69) is 34.6 Å². The van der Waals surface area contributed by atoms with Gasteiger partial charge in [0.25, 0.3) is 0 Å². The van der Waals surface area contributed by atoms with Gasteiger partial charge in [-0.15, -0.1) is 0 Å². The van der Waals surface area contributed by atoms with Crippen LogP contribution in [0.1, 0.15) is 26.7 Å². The summed E-state index contributed by atoms with van der Waals surface area (Å²) in [5.41, 5.74) is 1.17. The Bertz CT molecular complexity index is 213. The SMILES string of the molecule is CCOC#CC[C@@H](O)C/C(C)=C\I. The van der Waals surface area contributed by atoms with Crippen molar-refractivity contribution >= 4 is 22.6 Å². The third-order valence-electron chi connectivity index (χ3n) is 1.37. The predicted molar refractivity (Wildman–Crippen MR) is 62.4 cm³/mol. The van der Waals surface area contributed by atoms with E-state index in [4.69, 9.17) is 4.74 Å². The first kappa shape index (κ1) is 12.8. The zero-order valence-corrected chi connectivity index (χ0v) is 10.2. The maximum Gasteiger partial charge on any atom is 0.110 e. The van der Waals surface area contributed by atoms with Crippen LogP contribution in [0, 0.1) is 12.0 Å². The Morgan fingerprint density at radius 2 is 2.38 bits per heavy atom. The summed E-state index contributed by atoms with van der Waals surface area (Å²) in [5, 5.41) is 9.45. The van der Waals surface area contributed by atoms with Gasteiger partial charge in [0.2, 0.25) is 0 Å². The van der Waals surface area contributed by atoms with Gasteiger partial charge in [-0.2, -0.15) is 0 Å². The Morgan fingerprint density at radius 3 is 2.92 bits per heavy atom. The van der Waals surface area contributed by atoms with Crippen LogP contribution in [0.25, 0.3) is 0 Å². The number of hydrogen-bond acceptors (Lipinski definition) is 2. The molecule has 0 radical (unpaired) electrons. The normalized spacial score (nSPS) is 13.1. The fraction of sp³-hybridized carbons (Fsp3) is 0.600. The minimum absolute atomic E-state index is 0.376. The molecule has 0 rings (SSSR count). The summed E-state index contributed by atoms with van der Waals surface area (Å²) in [5.74, 6) is 2.76. The quantitative estimate of drug-likeness (QED) is 0.637. The second-order valence-electron chi connectivity index (χ2n) is 2.73. The monoisotopic (exact) mass is 294 g/mol. The zero-order valence-electron chi connectivity index (χ0n) is 8.01. The highest BCUT2D eigenvalue weighted by atomic mass is 127. The van der Waals surface area contributed by atoms with Gasteiger partial charge in [0.1, 0.15) is 6.11 Å². The molecule has 0 aromatic rings. The molecule has 0 aromatic carbocycles. The first-order chi connectivity index (χ1) is 6.20. The van der Waals surface area contributed by atoms with Crippen LogP contribution < -0.4 is 0 Å². The van der Waals surface area contributed by atoms with E-state index in [0.717, 1.165) is 0 Å². The maximum absolute atomic E-state index is 9.45. The Morgan fingerprint density at radius 1 is 1.69 bits per heavy atom. The number of rotatable bonds is 4. The van der Waals surface area contributed by atoms with Crippen molar-refractivity contribution in [1.82, 2.24) is 0 Å². The molecular weight excluding hydrogens is 279 g/mol. The first-order valence-electron chi connectivity index (χ1n) is 4.24. The van der Waals surface area contributed by atoms with Gasteiger partial charge in [0.05, 0.1) is 12.7 Å². The molecule has 0 aliphatic rings. The second kappa shape index (κ2) is 8.39. The highest BCUT2D eigenvalue weighted by Gasteiger charge is 2.01. The molecule has 0 bridgehead atoms. The zero-order chi connectivity index (χ0) is 10.1. The molecule has 1 N–H and O–H groups in total. The van der Waals surface area contributed by atoms with Crippen LogP contribution in [0.3, 0.4) is 0 Å². The van der Waals surface area contributed by atoms with Crippen LogP contribution in [-0.4, -0.2) is 17.8 Å². The van der Waals surface area contributed by atoms with Crippen LogP contribution in [0.5, 0.6) is 0 Å². The lowest BCUT2D eigenvalue weighted by atomic mass is 10.1. The highest BCUT2D eigenvalue weighted by Crippen LogP contribution is 2.08. The summed E-state index contributed by atoms with van der Waals surface area (Å²) in [6.07, 6.45) is 3.31. The Labute approximate surface area is 93.5 Å². The smallest absolute Gasteiger partial charge is 0.110 e. The Kier molecular flexibility index (Phi) is 8.26. The van der Waals surface area contributed by atoms with E-state index in [1.54, 1.807) is 0 Å². The van der Waals surface area contributed by atoms with Crippen LogP contribution in [0.2, 0.25) is 0 Å². The Hall–Kier alpha value is -0.210. The number of aliphatic hydroxyl groups is 1. The first-order valence-corrected chi connectivity index (χ1v) is 5.48. The van der Waals surface area contributed by atoms with Gasteiger partial charge in [-0.1, -0.05) is 34.1 Å². The number of halogens is 1. The van der Waals surface area contributed by atoms with Crippen LogP contribution in [0.4, 0.5) is 0 Å². The fourth-order valence-corrected chi connectivity index (χ4v) is 1.03. The van der Waals surface area contributed by atoms with Gasteiger partial charge in [-0.25, -0.2) is 0 Å². The van der Waals surface area contributed by atoms with Crippen molar-refractivity contribution in [2.75, 3.05) is 6.61 Å². The molecule has 0 heterocycles. The maximum atomic E-state index is 9.45. The summed E-state index contributed by atoms with van der Waals surface area (Å²) >= 11 is 2.16. The van der Waals surface area contributed by atoms with Crippen LogP contribution >= 0.6 is 22.6 Å². The molecule has 3 heteroatoms. The molecule has 0 saturated carbocycles. The van der Waals surface area contributed by atoms with E-state index in [0.29, 0.717) is 19.4 Å². The molecule has 74 valence electrons. The summed E-state index contributed by atoms with van der Waals surface area (Å²) < 4.78 is 6.80. The van der Waals surface area contributed by atoms with E-state index in [1.165, 1.54) is 5.57 Å². The summed E-state index contributed by atoms with van der Waals surface area (Å²) in [7, 11) is 0. The van der Waals surface area contributed by atoms with Crippen LogP contribution in [0.15, 0.2) is 9.66 Å². The van der Waals surface area contributed by atoms with Crippen molar-refractivity contribution in [1.29, 1.82) is 0 Å². The van der Waals surface area contributed by atoms with Crippen molar-refractivity contribution in [3.05, 3.63) is 9.66 Å². The van der Waals surface area contributed by atoms with Crippen molar-refractivity contribution in [2.45, 2.75) is 32.8 Å². The molecule has 13 heavy (non-hydrogen) atoms. The molecule has 0 unspecified atom stereocenters. The molecule has 0 fully saturated rings. The van der Waals surface area contributed by atoms with Crippen molar-refractivity contribution in [3.63, 3.8) is 0 Å². The third kappa shape index (κ3) is 8.13. The standard InChI is InChI=1S/C10H15IO2/c1-3-13-6-4-5-10(12)7-9(2)8-11/h8,10,12H,3,5,7H2,1-2H3/b9-8-/t10-/m1/s1. The van der Waals surface area contributed by atoms with Crippen molar-refractivity contribution < 1.29 is 9.84 Å². The van der Waals surface area contributed by atoms with E-state index < -0.39 is 0 Å². The van der Waals surface area contributed by atoms with Crippen molar-refractivity contribution in [2.24, 2.45) is 0 Å². The lowest BCUT2D eigenvalue weighted by Crippen LogP contribution is -2.05. The lowest BCUT2D eigenvalue weighted by Gasteiger charge is -2.05. The van der Waals surface area contributed by atoms with E-state index in [1.807, 2.05) is 17.9 Å². The molecule has 0 aliphatic heterocycles.